The normalized spacial score (nSPS) is 11.7. The third kappa shape index (κ3) is 2.03. The van der Waals surface area contributed by atoms with Gasteiger partial charge in [0.2, 0.25) is 0 Å². The first-order valence-corrected chi connectivity index (χ1v) is 7.20. The van der Waals surface area contributed by atoms with Crippen LogP contribution in [0.25, 0.3) is 21.5 Å². The van der Waals surface area contributed by atoms with Crippen LogP contribution in [0.2, 0.25) is 0 Å². The second-order valence-electron chi connectivity index (χ2n) is 6.12. The zero-order chi connectivity index (χ0) is 14.4. The van der Waals surface area contributed by atoms with Gasteiger partial charge in [0, 0.05) is 5.69 Å². The molecule has 3 aromatic rings. The molecule has 0 heterocycles. The molecule has 0 fully saturated rings. The lowest BCUT2D eigenvalue weighted by molar-refractivity contribution is 0.872. The maximum Gasteiger partial charge on any atom is 0.0355 e. The van der Waals surface area contributed by atoms with E-state index in [1.165, 1.54) is 38.2 Å². The molecule has 0 aliphatic rings. The third-order valence-electron chi connectivity index (χ3n) is 4.23. The highest BCUT2D eigenvalue weighted by molar-refractivity contribution is 6.00. The van der Waals surface area contributed by atoms with Gasteiger partial charge in [-0.2, -0.15) is 0 Å². The SMILES string of the molecule is Cc1cc2cc3cc(N)c(C(C)C)cc3cc2cc1C. The number of nitrogens with two attached hydrogens (primary N) is 1. The molecule has 0 spiro atoms. The van der Waals surface area contributed by atoms with Crippen LogP contribution < -0.4 is 5.73 Å². The predicted molar refractivity (Wildman–Crippen MR) is 89.4 cm³/mol. The van der Waals surface area contributed by atoms with E-state index < -0.39 is 0 Å². The fraction of sp³-hybridized carbons (Fsp3) is 0.263. The van der Waals surface area contributed by atoms with Gasteiger partial charge in [-0.05, 0) is 82.3 Å². The minimum Gasteiger partial charge on any atom is -0.398 e. The lowest BCUT2D eigenvalue weighted by atomic mass is 9.94. The van der Waals surface area contributed by atoms with Gasteiger partial charge in [0.25, 0.3) is 0 Å². The van der Waals surface area contributed by atoms with Crippen LogP contribution in [0.4, 0.5) is 5.69 Å². The molecule has 0 aromatic heterocycles. The fourth-order valence-electron chi connectivity index (χ4n) is 2.86. The molecular weight excluding hydrogens is 242 g/mol. The van der Waals surface area contributed by atoms with E-state index in [2.05, 4.69) is 64.1 Å². The molecule has 0 bridgehead atoms. The molecule has 0 saturated heterocycles. The molecule has 0 radical (unpaired) electrons. The summed E-state index contributed by atoms with van der Waals surface area (Å²) in [5.74, 6) is 0.454. The summed E-state index contributed by atoms with van der Waals surface area (Å²) in [4.78, 5) is 0. The largest absolute Gasteiger partial charge is 0.398 e. The number of rotatable bonds is 1. The number of benzene rings is 3. The number of aryl methyl sites for hydroxylation is 2. The summed E-state index contributed by atoms with van der Waals surface area (Å²) in [6.45, 7) is 8.70. The van der Waals surface area contributed by atoms with Gasteiger partial charge >= 0.3 is 0 Å². The van der Waals surface area contributed by atoms with Gasteiger partial charge in [0.1, 0.15) is 0 Å². The van der Waals surface area contributed by atoms with Crippen molar-refractivity contribution in [3.05, 3.63) is 53.1 Å². The van der Waals surface area contributed by atoms with Gasteiger partial charge in [0.15, 0.2) is 0 Å². The topological polar surface area (TPSA) is 26.0 Å². The number of fused-ring (bicyclic) bond motifs is 2. The number of nitrogen functional groups attached to an aromatic ring is 1. The molecule has 0 unspecified atom stereocenters. The van der Waals surface area contributed by atoms with Crippen molar-refractivity contribution in [3.8, 4) is 0 Å². The highest BCUT2D eigenvalue weighted by Crippen LogP contribution is 2.31. The highest BCUT2D eigenvalue weighted by atomic mass is 14.6. The lowest BCUT2D eigenvalue weighted by Crippen LogP contribution is -1.96. The highest BCUT2D eigenvalue weighted by Gasteiger charge is 2.07. The van der Waals surface area contributed by atoms with Crippen molar-refractivity contribution < 1.29 is 0 Å². The van der Waals surface area contributed by atoms with E-state index >= 15 is 0 Å². The van der Waals surface area contributed by atoms with Gasteiger partial charge in [-0.3, -0.25) is 0 Å². The van der Waals surface area contributed by atoms with Crippen molar-refractivity contribution in [3.63, 3.8) is 0 Å². The van der Waals surface area contributed by atoms with Crippen molar-refractivity contribution >= 4 is 27.2 Å². The van der Waals surface area contributed by atoms with Crippen molar-refractivity contribution in [2.75, 3.05) is 5.73 Å². The van der Waals surface area contributed by atoms with Gasteiger partial charge in [0.05, 0.1) is 0 Å². The summed E-state index contributed by atoms with van der Waals surface area (Å²) in [5, 5.41) is 5.10. The van der Waals surface area contributed by atoms with E-state index in [4.69, 9.17) is 5.73 Å². The minimum absolute atomic E-state index is 0.454. The molecule has 1 nitrogen and oxygen atoms in total. The Balaban J connectivity index is 2.36. The number of anilines is 1. The molecule has 2 N–H and O–H groups in total. The quantitative estimate of drug-likeness (QED) is 0.467. The Kier molecular flexibility index (Phi) is 2.93. The standard InChI is InChI=1S/C19H21N/c1-11(2)18-9-16-7-14-5-12(3)13(4)6-15(14)8-17(16)10-19(18)20/h5-11H,20H2,1-4H3. The Morgan fingerprint density at radius 1 is 0.700 bits per heavy atom. The maximum absolute atomic E-state index is 6.19. The molecule has 3 aromatic carbocycles. The van der Waals surface area contributed by atoms with Crippen LogP contribution in [0.1, 0.15) is 36.5 Å². The molecule has 3 rings (SSSR count). The van der Waals surface area contributed by atoms with E-state index in [-0.39, 0.29) is 0 Å². The predicted octanol–water partition coefficient (Wildman–Crippen LogP) is 5.32. The van der Waals surface area contributed by atoms with Crippen molar-refractivity contribution in [2.45, 2.75) is 33.6 Å². The van der Waals surface area contributed by atoms with E-state index in [0.29, 0.717) is 5.92 Å². The molecular formula is C19H21N. The first kappa shape index (κ1) is 13.0. The van der Waals surface area contributed by atoms with E-state index in [9.17, 15) is 0 Å². The third-order valence-corrected chi connectivity index (χ3v) is 4.23. The second-order valence-corrected chi connectivity index (χ2v) is 6.12. The van der Waals surface area contributed by atoms with Crippen LogP contribution in [-0.2, 0) is 0 Å². The molecule has 0 saturated carbocycles. The van der Waals surface area contributed by atoms with E-state index in [1.807, 2.05) is 0 Å². The van der Waals surface area contributed by atoms with Crippen molar-refractivity contribution in [1.29, 1.82) is 0 Å². The summed E-state index contributed by atoms with van der Waals surface area (Å²) < 4.78 is 0. The minimum atomic E-state index is 0.454. The Bertz CT molecular complexity index is 813. The van der Waals surface area contributed by atoms with E-state index in [0.717, 1.165) is 5.69 Å². The van der Waals surface area contributed by atoms with Gasteiger partial charge in [-0.15, -0.1) is 0 Å². The second kappa shape index (κ2) is 4.52. The van der Waals surface area contributed by atoms with Gasteiger partial charge in [-0.25, -0.2) is 0 Å². The van der Waals surface area contributed by atoms with Gasteiger partial charge in [-0.1, -0.05) is 26.0 Å². The molecule has 0 atom stereocenters. The Hall–Kier alpha value is -2.02. The molecule has 102 valence electrons. The summed E-state index contributed by atoms with van der Waals surface area (Å²) in [6, 6.07) is 13.4. The van der Waals surface area contributed by atoms with Crippen LogP contribution in [0.15, 0.2) is 36.4 Å². The summed E-state index contributed by atoms with van der Waals surface area (Å²) >= 11 is 0. The first-order chi connectivity index (χ1) is 9.45. The van der Waals surface area contributed by atoms with Crippen molar-refractivity contribution in [2.24, 2.45) is 0 Å². The summed E-state index contributed by atoms with van der Waals surface area (Å²) in [6.07, 6.45) is 0. The molecule has 0 aliphatic carbocycles. The smallest absolute Gasteiger partial charge is 0.0355 e. The van der Waals surface area contributed by atoms with Crippen LogP contribution >= 0.6 is 0 Å². The van der Waals surface area contributed by atoms with Gasteiger partial charge < -0.3 is 5.73 Å². The monoisotopic (exact) mass is 263 g/mol. The fourth-order valence-corrected chi connectivity index (χ4v) is 2.86. The molecule has 0 amide bonds. The average molecular weight is 263 g/mol. The maximum atomic E-state index is 6.19. The molecule has 20 heavy (non-hydrogen) atoms. The van der Waals surface area contributed by atoms with E-state index in [1.54, 1.807) is 0 Å². The Morgan fingerprint density at radius 2 is 1.15 bits per heavy atom. The van der Waals surface area contributed by atoms with Crippen LogP contribution in [0.3, 0.4) is 0 Å². The molecule has 1 heteroatoms. The number of hydrogen-bond acceptors (Lipinski definition) is 1. The average Bonchev–Trinajstić information content (AvgIpc) is 2.37. The van der Waals surface area contributed by atoms with Crippen LogP contribution in [0.5, 0.6) is 0 Å². The zero-order valence-corrected chi connectivity index (χ0v) is 12.6. The van der Waals surface area contributed by atoms with Crippen LogP contribution in [0, 0.1) is 13.8 Å². The Morgan fingerprint density at radius 3 is 1.65 bits per heavy atom. The van der Waals surface area contributed by atoms with Crippen molar-refractivity contribution in [1.82, 2.24) is 0 Å². The Labute approximate surface area is 120 Å². The summed E-state index contributed by atoms with van der Waals surface area (Å²) in [5.41, 5.74) is 11.0. The first-order valence-electron chi connectivity index (χ1n) is 7.20. The molecule has 0 aliphatic heterocycles. The lowest BCUT2D eigenvalue weighted by Gasteiger charge is -2.12. The van der Waals surface area contributed by atoms with Crippen LogP contribution in [-0.4, -0.2) is 0 Å². The zero-order valence-electron chi connectivity index (χ0n) is 12.6. The number of hydrogen-bond donors (Lipinski definition) is 1. The summed E-state index contributed by atoms with van der Waals surface area (Å²) in [7, 11) is 0.